The number of unbranched alkanes of at least 4 members (excludes halogenated alkanes) is 3. The van der Waals surface area contributed by atoms with E-state index >= 15 is 0 Å². The lowest BCUT2D eigenvalue weighted by molar-refractivity contribution is 0.0340. The van der Waals surface area contributed by atoms with Gasteiger partial charge in [-0.25, -0.2) is 0 Å². The van der Waals surface area contributed by atoms with Gasteiger partial charge in [-0.1, -0.05) is 140 Å². The zero-order valence-electron chi connectivity index (χ0n) is 40.3. The molecule has 0 saturated heterocycles. The monoisotopic (exact) mass is 821 g/mol. The molecule has 340 valence electrons. The summed E-state index contributed by atoms with van der Waals surface area (Å²) in [5, 5.41) is 0. The Morgan fingerprint density at radius 1 is 0.383 bits per heavy atom. The third kappa shape index (κ3) is 10.4. The van der Waals surface area contributed by atoms with E-state index in [9.17, 15) is 0 Å². The van der Waals surface area contributed by atoms with Crippen LogP contribution >= 0.6 is 0 Å². The zero-order valence-corrected chi connectivity index (χ0v) is 40.3. The van der Waals surface area contributed by atoms with Crippen molar-refractivity contribution in [3.8, 4) is 0 Å². The molecule has 0 aromatic rings. The van der Waals surface area contributed by atoms with Crippen LogP contribution in [0.4, 0.5) is 0 Å². The van der Waals surface area contributed by atoms with Crippen molar-refractivity contribution in [2.24, 2.45) is 88.3 Å². The Labute approximate surface area is 374 Å². The number of fused-ring (bicyclic) bond motifs is 3. The molecule has 9 aliphatic carbocycles. The Morgan fingerprint density at radius 3 is 1.08 bits per heavy atom. The lowest BCUT2D eigenvalue weighted by Gasteiger charge is -2.46. The van der Waals surface area contributed by atoms with Crippen molar-refractivity contribution in [3.63, 3.8) is 0 Å². The molecule has 9 saturated carbocycles. The van der Waals surface area contributed by atoms with Gasteiger partial charge in [0.25, 0.3) is 0 Å². The van der Waals surface area contributed by atoms with E-state index in [4.69, 9.17) is 0 Å². The fraction of sp³-hybridized carbons (Fsp3) is 0.933. The van der Waals surface area contributed by atoms with Crippen LogP contribution in [0.2, 0.25) is 0 Å². The number of hydrogen-bond donors (Lipinski definition) is 0. The molecular formula is C60H100. The van der Waals surface area contributed by atoms with Gasteiger partial charge in [0.05, 0.1) is 0 Å². The molecule has 0 spiro atoms. The summed E-state index contributed by atoms with van der Waals surface area (Å²) >= 11 is 0. The molecule has 0 heterocycles. The molecule has 9 aliphatic rings. The van der Waals surface area contributed by atoms with E-state index in [0.717, 1.165) is 82.9 Å². The Morgan fingerprint density at radius 2 is 0.733 bits per heavy atom. The normalized spacial score (nSPS) is 40.4. The molecule has 9 fully saturated rings. The number of allylic oxidation sites excluding steroid dienone is 4. The first-order valence-electron chi connectivity index (χ1n) is 29.0. The van der Waals surface area contributed by atoms with E-state index in [2.05, 4.69) is 26.0 Å². The van der Waals surface area contributed by atoms with Crippen molar-refractivity contribution in [1.82, 2.24) is 0 Å². The summed E-state index contributed by atoms with van der Waals surface area (Å²) in [6, 6.07) is 0. The molecule has 0 aromatic carbocycles. The van der Waals surface area contributed by atoms with Crippen molar-refractivity contribution in [2.75, 3.05) is 0 Å². The summed E-state index contributed by atoms with van der Waals surface area (Å²) in [5.74, 6) is 14.1. The smallest absolute Gasteiger partial charge is 0.0200 e. The zero-order chi connectivity index (χ0) is 40.7. The Hall–Kier alpha value is -0.520. The highest BCUT2D eigenvalue weighted by Crippen LogP contribution is 2.67. The summed E-state index contributed by atoms with van der Waals surface area (Å²) in [6.45, 7) is 5.36. The molecule has 60 heavy (non-hydrogen) atoms. The summed E-state index contributed by atoms with van der Waals surface area (Å²) in [6.07, 6.45) is 65.7. The van der Waals surface area contributed by atoms with Crippen LogP contribution in [-0.2, 0) is 0 Å². The summed E-state index contributed by atoms with van der Waals surface area (Å²) < 4.78 is 0. The van der Waals surface area contributed by atoms with Crippen molar-refractivity contribution < 1.29 is 0 Å². The average Bonchev–Trinajstić information content (AvgIpc) is 3.56. The van der Waals surface area contributed by atoms with Gasteiger partial charge in [-0.15, -0.1) is 0 Å². The van der Waals surface area contributed by atoms with E-state index < -0.39 is 0 Å². The fourth-order valence-corrected chi connectivity index (χ4v) is 18.5. The topological polar surface area (TPSA) is 0 Å². The molecular weight excluding hydrogens is 721 g/mol. The minimum atomic E-state index is 0.629. The largest absolute Gasteiger partial charge is 0.0817 e. The fourth-order valence-electron chi connectivity index (χ4n) is 18.5. The van der Waals surface area contributed by atoms with Gasteiger partial charge in [-0.3, -0.25) is 0 Å². The maximum absolute atomic E-state index is 2.99. The van der Waals surface area contributed by atoms with E-state index in [1.165, 1.54) is 180 Å². The summed E-state index contributed by atoms with van der Waals surface area (Å²) in [5.41, 5.74) is 4.64. The van der Waals surface area contributed by atoms with Gasteiger partial charge < -0.3 is 0 Å². The van der Waals surface area contributed by atoms with Crippen LogP contribution in [0.25, 0.3) is 0 Å². The Bertz CT molecular complexity index is 1190. The molecule has 6 atom stereocenters. The molecule has 0 aliphatic heterocycles. The van der Waals surface area contributed by atoms with E-state index in [0.29, 0.717) is 5.41 Å². The first kappa shape index (κ1) is 44.7. The second kappa shape index (κ2) is 21.6. The maximum Gasteiger partial charge on any atom is -0.0200 e. The first-order chi connectivity index (χ1) is 29.6. The number of hydrogen-bond acceptors (Lipinski definition) is 0. The number of rotatable bonds is 13. The van der Waals surface area contributed by atoms with E-state index in [-0.39, 0.29) is 0 Å². The van der Waals surface area contributed by atoms with Gasteiger partial charge in [0.15, 0.2) is 0 Å². The molecule has 0 aromatic heterocycles. The van der Waals surface area contributed by atoms with Gasteiger partial charge in [-0.05, 0) is 236 Å². The molecule has 0 bridgehead atoms. The van der Waals surface area contributed by atoms with Gasteiger partial charge in [-0.2, -0.15) is 0 Å². The lowest BCUT2D eigenvalue weighted by Crippen LogP contribution is -2.38. The molecule has 6 unspecified atom stereocenters. The second-order valence-corrected chi connectivity index (χ2v) is 25.0. The SMILES string of the molecule is CCCCCCC1(C)C2CC(C3CCC(C=C(C4CCCCC4)C4CCCCC4)CC3)CCC2C2CCC(C3CCC(C=C(C4CCCCC4)C4CCCCC4)CC3)CC21. The molecule has 0 amide bonds. The Kier molecular flexibility index (Phi) is 16.1. The highest BCUT2D eigenvalue weighted by atomic mass is 14.6. The minimum absolute atomic E-state index is 0.629. The lowest BCUT2D eigenvalue weighted by atomic mass is 9.59. The highest BCUT2D eigenvalue weighted by molar-refractivity contribution is 5.17. The van der Waals surface area contributed by atoms with Gasteiger partial charge >= 0.3 is 0 Å². The van der Waals surface area contributed by atoms with Crippen LogP contribution in [0.3, 0.4) is 0 Å². The van der Waals surface area contributed by atoms with Crippen LogP contribution in [-0.4, -0.2) is 0 Å². The maximum atomic E-state index is 2.99. The predicted octanol–water partition coefficient (Wildman–Crippen LogP) is 18.8. The molecule has 9 rings (SSSR count). The van der Waals surface area contributed by atoms with Crippen LogP contribution in [0.15, 0.2) is 23.3 Å². The minimum Gasteiger partial charge on any atom is -0.0817 e. The van der Waals surface area contributed by atoms with Gasteiger partial charge in [0.2, 0.25) is 0 Å². The van der Waals surface area contributed by atoms with Crippen LogP contribution in [0, 0.1) is 88.3 Å². The van der Waals surface area contributed by atoms with Crippen molar-refractivity contribution in [1.29, 1.82) is 0 Å². The van der Waals surface area contributed by atoms with Crippen molar-refractivity contribution in [2.45, 2.75) is 264 Å². The third-order valence-corrected chi connectivity index (χ3v) is 21.8. The van der Waals surface area contributed by atoms with E-state index in [1.54, 1.807) is 70.6 Å². The van der Waals surface area contributed by atoms with Crippen molar-refractivity contribution in [3.05, 3.63) is 23.3 Å². The average molecular weight is 821 g/mol. The van der Waals surface area contributed by atoms with E-state index in [1.807, 2.05) is 11.1 Å². The highest BCUT2D eigenvalue weighted by Gasteiger charge is 2.60. The second-order valence-electron chi connectivity index (χ2n) is 25.0. The Balaban J connectivity index is 0.829. The summed E-state index contributed by atoms with van der Waals surface area (Å²) in [7, 11) is 0. The molecule has 0 heteroatoms. The third-order valence-electron chi connectivity index (χ3n) is 21.8. The molecule has 0 N–H and O–H groups in total. The quantitative estimate of drug-likeness (QED) is 0.128. The molecule has 0 nitrogen and oxygen atoms in total. The molecule has 0 radical (unpaired) electrons. The van der Waals surface area contributed by atoms with Crippen molar-refractivity contribution >= 4 is 0 Å². The van der Waals surface area contributed by atoms with Crippen LogP contribution in [0.5, 0.6) is 0 Å². The predicted molar refractivity (Wildman–Crippen MR) is 259 cm³/mol. The van der Waals surface area contributed by atoms with Crippen LogP contribution in [0.1, 0.15) is 264 Å². The van der Waals surface area contributed by atoms with Crippen LogP contribution < -0.4 is 0 Å². The van der Waals surface area contributed by atoms with Gasteiger partial charge in [0, 0.05) is 0 Å². The standard InChI is InChI=1S/C60H100/c1-3-4-5-18-39-60(2)58-42-52(46-31-27-44(28-32-46)40-56(48-19-10-6-11-20-48)49-21-12-7-13-22-49)35-37-54(58)55-38-36-53(43-59(55)60)47-33-29-45(30-34-47)41-57(50-23-14-8-15-24-50)51-25-16-9-17-26-51/h40-41,44-55,58-59H,3-39,42-43H2,1-2H3. The summed E-state index contributed by atoms with van der Waals surface area (Å²) in [4.78, 5) is 0. The first-order valence-corrected chi connectivity index (χ1v) is 29.0. The van der Waals surface area contributed by atoms with Gasteiger partial charge in [0.1, 0.15) is 0 Å².